The largest absolute Gasteiger partial charge is 0.497 e. The highest BCUT2D eigenvalue weighted by Crippen LogP contribution is 2.34. The first-order valence-corrected chi connectivity index (χ1v) is 10.0. The number of nitro benzene ring substituents is 1. The number of benzene rings is 2. The third kappa shape index (κ3) is 3.80. The van der Waals surface area contributed by atoms with Gasteiger partial charge in [-0.1, -0.05) is 25.4 Å². The lowest BCUT2D eigenvalue weighted by Crippen LogP contribution is -2.27. The quantitative estimate of drug-likeness (QED) is 0.302. The number of methoxy groups -OCH3 is 2. The van der Waals surface area contributed by atoms with Crippen LogP contribution in [0.2, 0.25) is 5.02 Å². The van der Waals surface area contributed by atoms with E-state index < -0.39 is 4.92 Å². The summed E-state index contributed by atoms with van der Waals surface area (Å²) in [6.07, 6.45) is 0. The molecule has 0 aliphatic rings. The molecule has 3 rings (SSSR count). The van der Waals surface area contributed by atoms with E-state index in [0.29, 0.717) is 34.5 Å². The summed E-state index contributed by atoms with van der Waals surface area (Å²) in [4.78, 5) is 26.4. The van der Waals surface area contributed by atoms with Crippen molar-refractivity contribution in [3.8, 4) is 11.5 Å². The first-order valence-electron chi connectivity index (χ1n) is 9.64. The van der Waals surface area contributed by atoms with Crippen molar-refractivity contribution in [2.45, 2.75) is 20.4 Å². The monoisotopic (exact) mass is 433 g/mol. The van der Waals surface area contributed by atoms with Crippen LogP contribution in [0.5, 0.6) is 11.5 Å². The van der Waals surface area contributed by atoms with Crippen molar-refractivity contribution in [3.05, 3.63) is 49.6 Å². The lowest BCUT2D eigenvalue weighted by molar-refractivity contribution is -0.384. The van der Waals surface area contributed by atoms with Crippen LogP contribution in [0.25, 0.3) is 21.8 Å². The summed E-state index contributed by atoms with van der Waals surface area (Å²) in [5.74, 6) is 0.896. The number of halogens is 1. The normalized spacial score (nSPS) is 11.4. The number of nitro groups is 1. The molecule has 0 aliphatic carbocycles. The maximum absolute atomic E-state index is 13.3. The smallest absolute Gasteiger partial charge is 0.288 e. The zero-order valence-corrected chi connectivity index (χ0v) is 18.2. The van der Waals surface area contributed by atoms with E-state index in [9.17, 15) is 14.9 Å². The van der Waals surface area contributed by atoms with Crippen molar-refractivity contribution < 1.29 is 14.4 Å². The molecule has 0 unspecified atom stereocenters. The van der Waals surface area contributed by atoms with Gasteiger partial charge >= 0.3 is 0 Å². The second kappa shape index (κ2) is 8.89. The van der Waals surface area contributed by atoms with Crippen LogP contribution in [0, 0.1) is 10.1 Å². The Bertz CT molecular complexity index is 1170. The van der Waals surface area contributed by atoms with Gasteiger partial charge in [-0.05, 0) is 19.2 Å². The first-order chi connectivity index (χ1) is 14.4. The summed E-state index contributed by atoms with van der Waals surface area (Å²) in [7, 11) is 3.02. The first kappa shape index (κ1) is 21.9. The van der Waals surface area contributed by atoms with Gasteiger partial charge in [-0.15, -0.1) is 0 Å². The average molecular weight is 434 g/mol. The van der Waals surface area contributed by atoms with Crippen LogP contribution in [0.1, 0.15) is 13.8 Å². The number of aromatic nitrogens is 1. The van der Waals surface area contributed by atoms with Crippen LogP contribution in [0.15, 0.2) is 29.1 Å². The van der Waals surface area contributed by atoms with Gasteiger partial charge in [-0.3, -0.25) is 14.9 Å². The molecule has 0 atom stereocenters. The van der Waals surface area contributed by atoms with E-state index in [0.717, 1.165) is 19.6 Å². The van der Waals surface area contributed by atoms with E-state index in [4.69, 9.17) is 21.1 Å². The van der Waals surface area contributed by atoms with Crippen LogP contribution in [-0.2, 0) is 6.54 Å². The fourth-order valence-corrected chi connectivity index (χ4v) is 3.91. The molecule has 0 aliphatic heterocycles. The molecule has 160 valence electrons. The Balaban J connectivity index is 2.44. The second-order valence-electron chi connectivity index (χ2n) is 6.81. The topological polar surface area (TPSA) is 86.8 Å². The highest BCUT2D eigenvalue weighted by atomic mass is 35.5. The molecule has 3 aromatic rings. The number of pyridine rings is 1. The van der Waals surface area contributed by atoms with Gasteiger partial charge in [0.2, 0.25) is 5.43 Å². The summed E-state index contributed by atoms with van der Waals surface area (Å²) >= 11 is 6.19. The fourth-order valence-electron chi connectivity index (χ4n) is 3.68. The van der Waals surface area contributed by atoms with E-state index >= 15 is 0 Å². The lowest BCUT2D eigenvalue weighted by atomic mass is 10.1. The van der Waals surface area contributed by atoms with Gasteiger partial charge < -0.3 is 18.9 Å². The van der Waals surface area contributed by atoms with Gasteiger partial charge in [0, 0.05) is 31.3 Å². The SMILES string of the molecule is CCN(CC)CCn1c2cc(Cl)c([N+](=O)[O-])cc2c(=O)c2c(OC)cc(OC)cc21. The van der Waals surface area contributed by atoms with Gasteiger partial charge in [0.15, 0.2) is 0 Å². The molecule has 1 aromatic heterocycles. The fraction of sp³-hybridized carbons (Fsp3) is 0.381. The Morgan fingerprint density at radius 1 is 1.10 bits per heavy atom. The number of rotatable bonds is 8. The van der Waals surface area contributed by atoms with Gasteiger partial charge in [-0.25, -0.2) is 0 Å². The molecule has 1 heterocycles. The molecule has 2 aromatic carbocycles. The maximum atomic E-state index is 13.3. The molecule has 0 saturated carbocycles. The van der Waals surface area contributed by atoms with E-state index in [1.807, 2.05) is 4.57 Å². The third-order valence-corrected chi connectivity index (χ3v) is 5.66. The van der Waals surface area contributed by atoms with Crippen molar-refractivity contribution in [1.82, 2.24) is 9.47 Å². The summed E-state index contributed by atoms with van der Waals surface area (Å²) in [6.45, 7) is 7.21. The molecule has 8 nitrogen and oxygen atoms in total. The van der Waals surface area contributed by atoms with E-state index in [1.165, 1.54) is 19.2 Å². The molecule has 9 heteroatoms. The molecular formula is C21H24ClN3O5. The minimum Gasteiger partial charge on any atom is -0.497 e. The Kier molecular flexibility index (Phi) is 6.48. The zero-order chi connectivity index (χ0) is 22.0. The van der Waals surface area contributed by atoms with Crippen LogP contribution in [0.4, 0.5) is 5.69 Å². The third-order valence-electron chi connectivity index (χ3n) is 5.36. The predicted octanol–water partition coefficient (Wildman–Crippen LogP) is 4.08. The average Bonchev–Trinajstić information content (AvgIpc) is 2.74. The highest BCUT2D eigenvalue weighted by molar-refractivity contribution is 6.33. The van der Waals surface area contributed by atoms with Crippen LogP contribution in [-0.4, -0.2) is 48.2 Å². The minimum absolute atomic E-state index is 0.0160. The number of fused-ring (bicyclic) bond motifs is 2. The molecular weight excluding hydrogens is 410 g/mol. The van der Waals surface area contributed by atoms with Crippen molar-refractivity contribution in [2.24, 2.45) is 0 Å². The highest BCUT2D eigenvalue weighted by Gasteiger charge is 2.21. The van der Waals surface area contributed by atoms with Gasteiger partial charge in [0.05, 0.1) is 40.9 Å². The Morgan fingerprint density at radius 3 is 2.37 bits per heavy atom. The van der Waals surface area contributed by atoms with E-state index in [-0.39, 0.29) is 21.5 Å². The van der Waals surface area contributed by atoms with Crippen molar-refractivity contribution >= 4 is 39.1 Å². The standard InChI is InChI=1S/C21H24ClN3O5/c1-5-23(6-2)7-8-24-16-12-15(22)17(25(27)28)11-14(16)21(26)20-18(24)9-13(29-3)10-19(20)30-4/h9-12H,5-8H2,1-4H3. The lowest BCUT2D eigenvalue weighted by Gasteiger charge is -2.22. The summed E-state index contributed by atoms with van der Waals surface area (Å²) in [5, 5.41) is 11.9. The zero-order valence-electron chi connectivity index (χ0n) is 17.4. The molecule has 0 fully saturated rings. The van der Waals surface area contributed by atoms with Crippen LogP contribution >= 0.6 is 11.6 Å². The van der Waals surface area contributed by atoms with Crippen molar-refractivity contribution in [2.75, 3.05) is 33.9 Å². The van der Waals surface area contributed by atoms with Crippen molar-refractivity contribution in [1.29, 1.82) is 0 Å². The Morgan fingerprint density at radius 2 is 1.80 bits per heavy atom. The number of nitrogens with zero attached hydrogens (tertiary/aromatic N) is 3. The Labute approximate surface area is 178 Å². The van der Waals surface area contributed by atoms with Gasteiger partial charge in [-0.2, -0.15) is 0 Å². The van der Waals surface area contributed by atoms with Gasteiger partial charge in [0.25, 0.3) is 5.69 Å². The summed E-state index contributed by atoms with van der Waals surface area (Å²) in [6, 6.07) is 6.14. The molecule has 0 N–H and O–H groups in total. The number of ether oxygens (including phenoxy) is 2. The summed E-state index contributed by atoms with van der Waals surface area (Å²) < 4.78 is 12.8. The van der Waals surface area contributed by atoms with E-state index in [1.54, 1.807) is 19.2 Å². The molecule has 30 heavy (non-hydrogen) atoms. The molecule has 0 saturated heterocycles. The van der Waals surface area contributed by atoms with Gasteiger partial charge in [0.1, 0.15) is 16.5 Å². The van der Waals surface area contributed by atoms with E-state index in [2.05, 4.69) is 18.7 Å². The summed E-state index contributed by atoms with van der Waals surface area (Å²) in [5.41, 5.74) is 0.507. The number of hydrogen-bond donors (Lipinski definition) is 0. The molecule has 0 spiro atoms. The maximum Gasteiger partial charge on any atom is 0.288 e. The molecule has 0 radical (unpaired) electrons. The van der Waals surface area contributed by atoms with Crippen LogP contribution < -0.4 is 14.9 Å². The second-order valence-corrected chi connectivity index (χ2v) is 7.22. The molecule has 0 bridgehead atoms. The van der Waals surface area contributed by atoms with Crippen LogP contribution in [0.3, 0.4) is 0 Å². The number of likely N-dealkylation sites (N-methyl/N-ethyl adjacent to an activating group) is 1. The minimum atomic E-state index is -0.586. The Hall–Kier alpha value is -2.84. The van der Waals surface area contributed by atoms with Crippen molar-refractivity contribution in [3.63, 3.8) is 0 Å². The number of hydrogen-bond acceptors (Lipinski definition) is 6. The predicted molar refractivity (Wildman–Crippen MR) is 118 cm³/mol. The molecule has 0 amide bonds.